The first-order chi connectivity index (χ1) is 14.6. The third-order valence-corrected chi connectivity index (χ3v) is 5.45. The second-order valence-corrected chi connectivity index (χ2v) is 8.63. The van der Waals surface area contributed by atoms with Gasteiger partial charge >= 0.3 is 5.69 Å². The summed E-state index contributed by atoms with van der Waals surface area (Å²) in [5, 5.41) is 10.1. The minimum Gasteiger partial charge on any atom is -0.481 e. The number of aliphatic imine (C=N–C) groups is 1. The van der Waals surface area contributed by atoms with Crippen LogP contribution in [0.2, 0.25) is 0 Å². The van der Waals surface area contributed by atoms with Crippen molar-refractivity contribution in [2.45, 2.75) is 58.6 Å². The molecule has 0 saturated carbocycles. The molecule has 1 aromatic carbocycles. The van der Waals surface area contributed by atoms with Crippen LogP contribution in [0.5, 0.6) is 0 Å². The largest absolute Gasteiger partial charge is 0.481 e. The summed E-state index contributed by atoms with van der Waals surface area (Å²) in [6.07, 6.45) is 2.53. The minimum absolute atomic E-state index is 0.0327. The lowest BCUT2D eigenvalue weighted by Crippen LogP contribution is -2.45. The van der Waals surface area contributed by atoms with Crippen LogP contribution < -0.4 is 11.2 Å². The molecule has 7 nitrogen and oxygen atoms in total. The maximum atomic E-state index is 13.2. The number of aliphatic hydroxyl groups is 1. The molecular weight excluding hydrogens is 401 g/mol. The quantitative estimate of drug-likeness (QED) is 0.762. The summed E-state index contributed by atoms with van der Waals surface area (Å²) in [6, 6.07) is 6.40. The Morgan fingerprint density at radius 1 is 1.26 bits per heavy atom. The van der Waals surface area contributed by atoms with E-state index in [1.165, 1.54) is 16.7 Å². The maximum absolute atomic E-state index is 13.2. The van der Waals surface area contributed by atoms with Crippen molar-refractivity contribution in [1.29, 1.82) is 0 Å². The van der Waals surface area contributed by atoms with E-state index in [1.807, 2.05) is 6.92 Å². The van der Waals surface area contributed by atoms with Crippen molar-refractivity contribution in [3.8, 4) is 0 Å². The molecular formula is C23H30FN3O4. The van der Waals surface area contributed by atoms with E-state index in [2.05, 4.69) is 4.99 Å². The Bertz CT molecular complexity index is 1080. The second kappa shape index (κ2) is 9.18. The predicted octanol–water partition coefficient (Wildman–Crippen LogP) is 2.72. The van der Waals surface area contributed by atoms with Gasteiger partial charge in [-0.15, -0.1) is 0 Å². The molecule has 1 atom stereocenters. The summed E-state index contributed by atoms with van der Waals surface area (Å²) < 4.78 is 21.4. The number of aryl methyl sites for hydroxylation is 1. The summed E-state index contributed by atoms with van der Waals surface area (Å²) in [4.78, 5) is 30.5. The molecule has 1 aromatic heterocycles. The Kier molecular flexibility index (Phi) is 6.79. The molecule has 8 heteroatoms. The van der Waals surface area contributed by atoms with Crippen LogP contribution in [0.15, 0.2) is 38.8 Å². The van der Waals surface area contributed by atoms with Gasteiger partial charge in [-0.2, -0.15) is 4.99 Å². The Balaban J connectivity index is 1.96. The average Bonchev–Trinajstić information content (AvgIpc) is 2.89. The Morgan fingerprint density at radius 3 is 2.55 bits per heavy atom. The van der Waals surface area contributed by atoms with Crippen LogP contribution in [-0.4, -0.2) is 32.3 Å². The summed E-state index contributed by atoms with van der Waals surface area (Å²) >= 11 is 0. The standard InChI is InChI=1S/C23H30FN3O4/c1-5-31-20-16(9-6-15-7-11-17(24)12-8-15)10-13-18-19(25-20)26(4)22(29)27(21(18)28)14-23(2,3)30/h7-8,11-12,16,30H,5-6,9-10,13-14H2,1-4H3. The molecule has 1 unspecified atom stereocenters. The third kappa shape index (κ3) is 5.31. The zero-order valence-corrected chi connectivity index (χ0v) is 18.5. The number of hydrogen-bond donors (Lipinski definition) is 1. The van der Waals surface area contributed by atoms with Gasteiger partial charge in [0.15, 0.2) is 5.90 Å². The summed E-state index contributed by atoms with van der Waals surface area (Å²) in [5.74, 6) is 0.524. The van der Waals surface area contributed by atoms with Gasteiger partial charge < -0.3 is 9.84 Å². The molecule has 1 aliphatic heterocycles. The first-order valence-corrected chi connectivity index (χ1v) is 10.6. The fourth-order valence-electron chi connectivity index (χ4n) is 3.90. The third-order valence-electron chi connectivity index (χ3n) is 5.45. The lowest BCUT2D eigenvalue weighted by atomic mass is 9.94. The molecule has 0 amide bonds. The van der Waals surface area contributed by atoms with Crippen LogP contribution in [0, 0.1) is 11.7 Å². The van der Waals surface area contributed by atoms with Crippen LogP contribution >= 0.6 is 0 Å². The van der Waals surface area contributed by atoms with Crippen molar-refractivity contribution in [1.82, 2.24) is 9.13 Å². The lowest BCUT2D eigenvalue weighted by Gasteiger charge is -2.20. The van der Waals surface area contributed by atoms with Crippen LogP contribution in [0.3, 0.4) is 0 Å². The van der Waals surface area contributed by atoms with Gasteiger partial charge in [0, 0.05) is 13.0 Å². The van der Waals surface area contributed by atoms with Gasteiger partial charge in [-0.1, -0.05) is 12.1 Å². The maximum Gasteiger partial charge on any atom is 0.332 e. The molecule has 0 fully saturated rings. The van der Waals surface area contributed by atoms with Gasteiger partial charge in [0.2, 0.25) is 0 Å². The minimum atomic E-state index is -1.20. The molecule has 0 saturated heterocycles. The fourth-order valence-corrected chi connectivity index (χ4v) is 3.90. The zero-order valence-electron chi connectivity index (χ0n) is 18.5. The molecule has 0 bridgehead atoms. The highest BCUT2D eigenvalue weighted by Gasteiger charge is 2.28. The van der Waals surface area contributed by atoms with Gasteiger partial charge in [-0.25, -0.2) is 9.18 Å². The number of halogens is 1. The molecule has 0 aliphatic carbocycles. The van der Waals surface area contributed by atoms with Gasteiger partial charge in [-0.05, 0) is 64.2 Å². The number of hydrogen-bond acceptors (Lipinski definition) is 5. The van der Waals surface area contributed by atoms with Crippen molar-refractivity contribution < 1.29 is 14.2 Å². The Labute approximate surface area is 180 Å². The lowest BCUT2D eigenvalue weighted by molar-refractivity contribution is 0.0586. The highest BCUT2D eigenvalue weighted by molar-refractivity contribution is 5.82. The van der Waals surface area contributed by atoms with E-state index < -0.39 is 16.9 Å². The van der Waals surface area contributed by atoms with Gasteiger partial charge in [0.05, 0.1) is 24.3 Å². The monoisotopic (exact) mass is 431 g/mol. The van der Waals surface area contributed by atoms with Crippen molar-refractivity contribution >= 4 is 11.7 Å². The molecule has 2 aromatic rings. The van der Waals surface area contributed by atoms with E-state index in [4.69, 9.17) is 4.74 Å². The molecule has 3 rings (SSSR count). The van der Waals surface area contributed by atoms with Crippen molar-refractivity contribution in [2.75, 3.05) is 6.61 Å². The highest BCUT2D eigenvalue weighted by Crippen LogP contribution is 2.27. The predicted molar refractivity (Wildman–Crippen MR) is 117 cm³/mol. The van der Waals surface area contributed by atoms with Gasteiger partial charge in [-0.3, -0.25) is 13.9 Å². The Morgan fingerprint density at radius 2 is 1.94 bits per heavy atom. The number of ether oxygens (including phenoxy) is 1. The fraction of sp³-hybridized carbons (Fsp3) is 0.522. The topological polar surface area (TPSA) is 85.8 Å². The summed E-state index contributed by atoms with van der Waals surface area (Å²) in [6.45, 7) is 5.31. The zero-order chi connectivity index (χ0) is 22.8. The molecule has 168 valence electrons. The molecule has 0 radical (unpaired) electrons. The van der Waals surface area contributed by atoms with Crippen molar-refractivity contribution in [3.63, 3.8) is 0 Å². The number of aromatic nitrogens is 2. The van der Waals surface area contributed by atoms with E-state index in [0.717, 1.165) is 23.0 Å². The van der Waals surface area contributed by atoms with E-state index in [9.17, 15) is 19.1 Å². The average molecular weight is 432 g/mol. The first kappa shape index (κ1) is 22.9. The first-order valence-electron chi connectivity index (χ1n) is 10.6. The van der Waals surface area contributed by atoms with Gasteiger partial charge in [0.1, 0.15) is 11.6 Å². The summed E-state index contributed by atoms with van der Waals surface area (Å²) in [7, 11) is 1.58. The van der Waals surface area contributed by atoms with Crippen LogP contribution in [0.1, 0.15) is 44.7 Å². The van der Waals surface area contributed by atoms with E-state index in [0.29, 0.717) is 36.7 Å². The summed E-state index contributed by atoms with van der Waals surface area (Å²) in [5.41, 5.74) is -0.673. The number of fused-ring (bicyclic) bond motifs is 1. The second-order valence-electron chi connectivity index (χ2n) is 8.63. The molecule has 0 spiro atoms. The SMILES string of the molecule is CCOC1=Nc2c(c(=O)n(CC(C)(C)O)c(=O)n2C)CCC1CCc1ccc(F)cc1. The molecule has 2 heterocycles. The van der Waals surface area contributed by atoms with Gasteiger partial charge in [0.25, 0.3) is 5.56 Å². The van der Waals surface area contributed by atoms with E-state index >= 15 is 0 Å². The smallest absolute Gasteiger partial charge is 0.332 e. The number of benzene rings is 1. The van der Waals surface area contributed by atoms with E-state index in [1.54, 1.807) is 33.0 Å². The molecule has 1 aliphatic rings. The molecule has 31 heavy (non-hydrogen) atoms. The van der Waals surface area contributed by atoms with Crippen molar-refractivity contribution in [3.05, 3.63) is 62.0 Å². The van der Waals surface area contributed by atoms with Crippen molar-refractivity contribution in [2.24, 2.45) is 18.0 Å². The van der Waals surface area contributed by atoms with Crippen LogP contribution in [0.4, 0.5) is 10.2 Å². The van der Waals surface area contributed by atoms with Crippen LogP contribution in [0.25, 0.3) is 0 Å². The van der Waals surface area contributed by atoms with Crippen LogP contribution in [-0.2, 0) is 31.2 Å². The molecule has 1 N–H and O–H groups in total. The highest BCUT2D eigenvalue weighted by atomic mass is 19.1. The number of nitrogens with zero attached hydrogens (tertiary/aromatic N) is 3. The number of rotatable bonds is 6. The normalized spacial score (nSPS) is 16.5. The van der Waals surface area contributed by atoms with E-state index in [-0.39, 0.29) is 18.3 Å². The Hall–Kier alpha value is -2.74.